The van der Waals surface area contributed by atoms with Gasteiger partial charge in [-0.3, -0.25) is 0 Å². The summed E-state index contributed by atoms with van der Waals surface area (Å²) in [4.78, 5) is 0. The summed E-state index contributed by atoms with van der Waals surface area (Å²) in [6.45, 7) is 0. The van der Waals surface area contributed by atoms with E-state index >= 15 is 0 Å². The summed E-state index contributed by atoms with van der Waals surface area (Å²) >= 11 is 0. The van der Waals surface area contributed by atoms with Crippen molar-refractivity contribution in [3.05, 3.63) is 0 Å². The predicted octanol–water partition coefficient (Wildman–Crippen LogP) is -7.80. The van der Waals surface area contributed by atoms with Gasteiger partial charge in [-0.05, 0) is 0 Å². The van der Waals surface area contributed by atoms with Gasteiger partial charge in [0.25, 0.3) is 0 Å². The summed E-state index contributed by atoms with van der Waals surface area (Å²) in [5.74, 6) is 0. The molecule has 0 heterocycles. The van der Waals surface area contributed by atoms with Gasteiger partial charge in [-0.2, -0.15) is 0 Å². The molecule has 10 heavy (non-hydrogen) atoms. The number of hydrogen-bond donors (Lipinski definition) is 0. The summed E-state index contributed by atoms with van der Waals surface area (Å²) < 4.78 is 0. The van der Waals surface area contributed by atoms with E-state index in [1.807, 2.05) is 0 Å². The van der Waals surface area contributed by atoms with Crippen molar-refractivity contribution in [1.82, 2.24) is 0 Å². The van der Waals surface area contributed by atoms with Gasteiger partial charge in [0.2, 0.25) is 0 Å². The van der Waals surface area contributed by atoms with E-state index in [0.29, 0.717) is 0 Å². The Morgan fingerprint density at radius 1 is 0.200 bits per heavy atom. The number of rotatable bonds is 0. The molecule has 0 atom stereocenters. The third kappa shape index (κ3) is 1230. The molecule has 9 nitrogen and oxygen atoms in total. The first-order valence-electron chi connectivity index (χ1n) is 0. The Balaban J connectivity index is 0. The van der Waals surface area contributed by atoms with Crippen LogP contribution in [-0.4, -0.2) is 78.8 Å². The van der Waals surface area contributed by atoms with Crippen LogP contribution in [0.15, 0.2) is 0 Å². The van der Waals surface area contributed by atoms with Crippen molar-refractivity contribution >= 4 is 29.6 Å². The van der Waals surface area contributed by atoms with E-state index in [2.05, 4.69) is 0 Å². The van der Waals surface area contributed by atoms with E-state index in [4.69, 9.17) is 0 Å². The summed E-state index contributed by atoms with van der Waals surface area (Å²) in [7, 11) is 0. The van der Waals surface area contributed by atoms with Crippen molar-refractivity contribution in [3.8, 4) is 0 Å². The Morgan fingerprint density at radius 3 is 0.200 bits per heavy atom. The number of hydrogen-bond acceptors (Lipinski definition) is 0. The van der Waals surface area contributed by atoms with Crippen LogP contribution in [0, 0.1) is 0 Å². The first-order chi connectivity index (χ1) is 0. The topological polar surface area (TPSA) is 284 Å². The normalized spacial score (nSPS) is 0. The molecular weight excluding hydrogens is 167 g/mol. The van der Waals surface area contributed by atoms with Crippen molar-refractivity contribution in [2.24, 2.45) is 0 Å². The zero-order valence-corrected chi connectivity index (χ0v) is 7.50. The molecule has 73 valence electrons. The van der Waals surface area contributed by atoms with E-state index in [-0.39, 0.29) is 78.8 Å². The van der Waals surface area contributed by atoms with E-state index in [9.17, 15) is 0 Å². The first kappa shape index (κ1) is 2410. The molecule has 0 aromatic rings. The maximum Gasteiger partial charge on any atom is 0 e. The molecule has 0 fully saturated rings. The third-order valence-corrected chi connectivity index (χ3v) is 0. The second-order valence-electron chi connectivity index (χ2n) is 0. The quantitative estimate of drug-likeness (QED) is 0.317. The summed E-state index contributed by atoms with van der Waals surface area (Å²) in [5, 5.41) is 0. The standard InChI is InChI=1S/Na.9H2O/h;9*1H2. The van der Waals surface area contributed by atoms with E-state index < -0.39 is 0 Å². The minimum Gasteiger partial charge on any atom is -0.412 e. The Kier molecular flexibility index (Phi) is 424000. The molecule has 1 radical (unpaired) electrons. The average molecular weight is 185 g/mol. The summed E-state index contributed by atoms with van der Waals surface area (Å²) in [6.07, 6.45) is 0. The Hall–Kier alpha value is 0.640. The van der Waals surface area contributed by atoms with Gasteiger partial charge in [0.1, 0.15) is 0 Å². The molecule has 0 rings (SSSR count). The van der Waals surface area contributed by atoms with Crippen LogP contribution in [0.25, 0.3) is 0 Å². The zero-order chi connectivity index (χ0) is 0. The van der Waals surface area contributed by atoms with Crippen LogP contribution in [-0.2, 0) is 0 Å². The molecule has 0 spiro atoms. The SMILES string of the molecule is O.O.O.O.O.O.O.O.O.[Na]. The van der Waals surface area contributed by atoms with Gasteiger partial charge in [-0.25, -0.2) is 0 Å². The van der Waals surface area contributed by atoms with Crippen molar-refractivity contribution in [3.63, 3.8) is 0 Å². The molecule has 0 aliphatic heterocycles. The Bertz CT molecular complexity index is 4.69. The minimum atomic E-state index is 0. The van der Waals surface area contributed by atoms with Crippen LogP contribution in [0.3, 0.4) is 0 Å². The maximum absolute atomic E-state index is 0. The Labute approximate surface area is 79.1 Å². The molecule has 0 aromatic carbocycles. The smallest absolute Gasteiger partial charge is 0 e. The van der Waals surface area contributed by atoms with Crippen LogP contribution in [0.1, 0.15) is 0 Å². The molecule has 0 unspecified atom stereocenters. The van der Waals surface area contributed by atoms with Crippen molar-refractivity contribution < 1.29 is 49.3 Å². The third-order valence-electron chi connectivity index (χ3n) is 0. The molecule has 18 N–H and O–H groups in total. The molecular formula is H18NaO9. The molecule has 0 bridgehead atoms. The molecule has 0 saturated carbocycles. The van der Waals surface area contributed by atoms with Crippen molar-refractivity contribution in [1.29, 1.82) is 0 Å². The van der Waals surface area contributed by atoms with Crippen LogP contribution >= 0.6 is 0 Å². The summed E-state index contributed by atoms with van der Waals surface area (Å²) in [5.41, 5.74) is 0. The fraction of sp³-hybridized carbons (Fsp3) is 0. The van der Waals surface area contributed by atoms with Gasteiger partial charge in [0.05, 0.1) is 0 Å². The fourth-order valence-corrected chi connectivity index (χ4v) is 0. The van der Waals surface area contributed by atoms with Gasteiger partial charge in [-0.15, -0.1) is 0 Å². The van der Waals surface area contributed by atoms with Crippen LogP contribution in [0.2, 0.25) is 0 Å². The van der Waals surface area contributed by atoms with Crippen molar-refractivity contribution in [2.75, 3.05) is 0 Å². The monoisotopic (exact) mass is 185 g/mol. The zero-order valence-electron chi connectivity index (χ0n) is 5.50. The molecule has 0 saturated heterocycles. The second-order valence-corrected chi connectivity index (χ2v) is 0. The van der Waals surface area contributed by atoms with Gasteiger partial charge in [-0.1, -0.05) is 0 Å². The average Bonchev–Trinajstić information content (AvgIpc) is 0. The first-order valence-corrected chi connectivity index (χ1v) is 0. The van der Waals surface area contributed by atoms with Crippen LogP contribution in [0.5, 0.6) is 0 Å². The van der Waals surface area contributed by atoms with E-state index in [1.54, 1.807) is 0 Å². The van der Waals surface area contributed by atoms with Gasteiger partial charge >= 0.3 is 0 Å². The molecule has 10 heteroatoms. The minimum absolute atomic E-state index is 0. The maximum atomic E-state index is 0. The van der Waals surface area contributed by atoms with E-state index in [1.165, 1.54) is 0 Å². The van der Waals surface area contributed by atoms with Crippen molar-refractivity contribution in [2.45, 2.75) is 0 Å². The van der Waals surface area contributed by atoms with E-state index in [0.717, 1.165) is 0 Å². The van der Waals surface area contributed by atoms with Gasteiger partial charge in [0.15, 0.2) is 0 Å². The predicted molar refractivity (Wildman–Crippen MR) is 38.3 cm³/mol. The van der Waals surface area contributed by atoms with Gasteiger partial charge < -0.3 is 49.3 Å². The Morgan fingerprint density at radius 2 is 0.200 bits per heavy atom. The van der Waals surface area contributed by atoms with Gasteiger partial charge in [0, 0.05) is 29.6 Å². The van der Waals surface area contributed by atoms with Crippen LogP contribution < -0.4 is 0 Å². The fourth-order valence-electron chi connectivity index (χ4n) is 0. The van der Waals surface area contributed by atoms with Crippen LogP contribution in [0.4, 0.5) is 0 Å². The molecule has 0 amide bonds. The molecule has 0 aliphatic carbocycles. The largest absolute Gasteiger partial charge is 0.412 e. The summed E-state index contributed by atoms with van der Waals surface area (Å²) in [6, 6.07) is 0. The molecule has 0 aromatic heterocycles. The molecule has 0 aliphatic rings. The second kappa shape index (κ2) is 1760.